The van der Waals surface area contributed by atoms with Gasteiger partial charge < -0.3 is 4.74 Å². The van der Waals surface area contributed by atoms with E-state index in [1.807, 2.05) is 0 Å². The van der Waals surface area contributed by atoms with E-state index in [4.69, 9.17) is 4.74 Å². The monoisotopic (exact) mass is 230 g/mol. The van der Waals surface area contributed by atoms with Crippen LogP contribution in [0.5, 0.6) is 0 Å². The van der Waals surface area contributed by atoms with Crippen LogP contribution < -0.4 is 0 Å². The molecular formula is C7H12F2O4S. The lowest BCUT2D eigenvalue weighted by atomic mass is 10.2. The van der Waals surface area contributed by atoms with Gasteiger partial charge in [0.25, 0.3) is 0 Å². The van der Waals surface area contributed by atoms with Crippen LogP contribution in [0, 0.1) is 0 Å². The molecule has 0 heterocycles. The van der Waals surface area contributed by atoms with Gasteiger partial charge in [-0.3, -0.25) is 4.94 Å². The highest BCUT2D eigenvalue weighted by Gasteiger charge is 2.22. The molecular weight excluding hydrogens is 218 g/mol. The highest BCUT2D eigenvalue weighted by Crippen LogP contribution is 2.13. The summed E-state index contributed by atoms with van der Waals surface area (Å²) in [5, 5.41) is 0. The Morgan fingerprint density at radius 2 is 2.00 bits per heavy atom. The van der Waals surface area contributed by atoms with Gasteiger partial charge in [0.2, 0.25) is 0 Å². The Kier molecular flexibility index (Phi) is 5.00. The molecule has 2 atom stereocenters. The van der Waals surface area contributed by atoms with Gasteiger partial charge >= 0.3 is 10.2 Å². The Hall–Kier alpha value is -0.690. The summed E-state index contributed by atoms with van der Waals surface area (Å²) in [7, 11) is -4.73. The molecule has 0 aromatic rings. The zero-order chi connectivity index (χ0) is 11.4. The first-order valence-corrected chi connectivity index (χ1v) is 5.27. The van der Waals surface area contributed by atoms with Gasteiger partial charge in [-0.15, -0.1) is 3.89 Å². The van der Waals surface area contributed by atoms with E-state index in [1.54, 1.807) is 0 Å². The van der Waals surface area contributed by atoms with Crippen LogP contribution in [0.1, 0.15) is 20.3 Å². The molecule has 2 unspecified atom stereocenters. The summed E-state index contributed by atoms with van der Waals surface area (Å²) in [6.07, 6.45) is -0.741. The fourth-order valence-electron chi connectivity index (χ4n) is 0.794. The fourth-order valence-corrected chi connectivity index (χ4v) is 1.12. The normalized spacial score (nSPS) is 16.0. The molecule has 14 heavy (non-hydrogen) atoms. The van der Waals surface area contributed by atoms with Gasteiger partial charge in [0, 0.05) is 10.9 Å². The van der Waals surface area contributed by atoms with Crippen LogP contribution in [0.15, 0.2) is 12.3 Å². The second kappa shape index (κ2) is 5.26. The van der Waals surface area contributed by atoms with E-state index in [-0.39, 0.29) is 12.2 Å². The number of hydrogen-bond donors (Lipinski definition) is 0. The second-order valence-corrected chi connectivity index (χ2v) is 4.42. The van der Waals surface area contributed by atoms with E-state index < -0.39 is 21.8 Å². The van der Waals surface area contributed by atoms with Gasteiger partial charge in [0.15, 0.2) is 5.44 Å². The summed E-state index contributed by atoms with van der Waals surface area (Å²) in [5.41, 5.74) is -1.58. The molecule has 0 aromatic carbocycles. The molecule has 0 aliphatic heterocycles. The third-order valence-corrected chi connectivity index (χ3v) is 2.35. The van der Waals surface area contributed by atoms with Crippen molar-refractivity contribution in [1.29, 1.82) is 0 Å². The van der Waals surface area contributed by atoms with E-state index in [2.05, 4.69) is 11.5 Å². The topological polar surface area (TPSA) is 52.6 Å². The molecule has 7 heteroatoms. The van der Waals surface area contributed by atoms with Crippen molar-refractivity contribution < 1.29 is 26.5 Å². The predicted molar refractivity (Wildman–Crippen MR) is 46.0 cm³/mol. The summed E-state index contributed by atoms with van der Waals surface area (Å²) < 4.78 is 49.1. The molecule has 0 radical (unpaired) electrons. The summed E-state index contributed by atoms with van der Waals surface area (Å²) in [5.74, 6) is -0.207. The van der Waals surface area contributed by atoms with Gasteiger partial charge in [-0.2, -0.15) is 8.42 Å². The Bertz CT molecular complexity index is 288. The molecule has 0 aliphatic rings. The Labute approximate surface area is 81.6 Å². The first-order chi connectivity index (χ1) is 6.27. The highest BCUT2D eigenvalue weighted by molar-refractivity contribution is 7.86. The SMILES string of the molecule is C=C(CC(C)OC(C)S(=O)(=O)F)OF. The van der Waals surface area contributed by atoms with Crippen LogP contribution in [-0.4, -0.2) is 20.0 Å². The van der Waals surface area contributed by atoms with E-state index >= 15 is 0 Å². The van der Waals surface area contributed by atoms with E-state index in [0.29, 0.717) is 0 Å². The number of ether oxygens (including phenoxy) is 1. The number of rotatable bonds is 6. The Balaban J connectivity index is 4.07. The lowest BCUT2D eigenvalue weighted by Crippen LogP contribution is -2.23. The standard InChI is InChI=1S/C7H12F2O4S/c1-5(4-6(2)13-8)12-7(3)14(9,10)11/h5,7H,2,4H2,1,3H3. The third kappa shape index (κ3) is 5.13. The largest absolute Gasteiger partial charge is 0.356 e. The molecule has 4 nitrogen and oxygen atoms in total. The molecule has 0 saturated heterocycles. The summed E-state index contributed by atoms with van der Waals surface area (Å²) >= 11 is 0. The van der Waals surface area contributed by atoms with Crippen LogP contribution in [0.4, 0.5) is 8.41 Å². The molecule has 0 bridgehead atoms. The van der Waals surface area contributed by atoms with Crippen molar-refractivity contribution >= 4 is 10.2 Å². The van der Waals surface area contributed by atoms with Crippen LogP contribution in [0.2, 0.25) is 0 Å². The second-order valence-electron chi connectivity index (χ2n) is 2.81. The molecule has 0 fully saturated rings. The van der Waals surface area contributed by atoms with Crippen molar-refractivity contribution in [2.24, 2.45) is 0 Å². The van der Waals surface area contributed by atoms with Gasteiger partial charge in [0.1, 0.15) is 5.76 Å². The molecule has 0 saturated carbocycles. The lowest BCUT2D eigenvalue weighted by Gasteiger charge is -2.15. The predicted octanol–water partition coefficient (Wildman–Crippen LogP) is 1.84. The first kappa shape index (κ1) is 13.3. The lowest BCUT2D eigenvalue weighted by molar-refractivity contribution is -0.0942. The van der Waals surface area contributed by atoms with Gasteiger partial charge in [0.05, 0.1) is 6.10 Å². The number of halogens is 2. The zero-order valence-electron chi connectivity index (χ0n) is 7.87. The first-order valence-electron chi connectivity index (χ1n) is 3.82. The average molecular weight is 230 g/mol. The smallest absolute Gasteiger partial charge is 0.329 e. The highest BCUT2D eigenvalue weighted by atomic mass is 32.3. The average Bonchev–Trinajstić information content (AvgIpc) is 2.02. The minimum atomic E-state index is -4.73. The maximum Gasteiger partial charge on any atom is 0.329 e. The molecule has 84 valence electrons. The molecule has 0 aromatic heterocycles. The summed E-state index contributed by atoms with van der Waals surface area (Å²) in [6, 6.07) is 0. The van der Waals surface area contributed by atoms with Gasteiger partial charge in [-0.05, 0) is 13.8 Å². The van der Waals surface area contributed by atoms with Crippen LogP contribution >= 0.6 is 0 Å². The molecule has 0 spiro atoms. The van der Waals surface area contributed by atoms with Crippen molar-refractivity contribution in [1.82, 2.24) is 0 Å². The molecule has 0 amide bonds. The molecule has 0 aliphatic carbocycles. The van der Waals surface area contributed by atoms with Crippen molar-refractivity contribution in [2.45, 2.75) is 31.8 Å². The third-order valence-electron chi connectivity index (χ3n) is 1.44. The van der Waals surface area contributed by atoms with Crippen LogP contribution in [0.25, 0.3) is 0 Å². The van der Waals surface area contributed by atoms with E-state index in [9.17, 15) is 16.8 Å². The van der Waals surface area contributed by atoms with E-state index in [1.165, 1.54) is 6.92 Å². The van der Waals surface area contributed by atoms with Crippen molar-refractivity contribution in [2.75, 3.05) is 0 Å². The molecule has 0 N–H and O–H groups in total. The van der Waals surface area contributed by atoms with E-state index in [0.717, 1.165) is 6.92 Å². The minimum absolute atomic E-state index is 0.0453. The van der Waals surface area contributed by atoms with Crippen LogP contribution in [0.3, 0.4) is 0 Å². The molecule has 0 rings (SSSR count). The van der Waals surface area contributed by atoms with Crippen molar-refractivity contribution in [3.8, 4) is 0 Å². The quantitative estimate of drug-likeness (QED) is 0.516. The van der Waals surface area contributed by atoms with Gasteiger partial charge in [-0.25, -0.2) is 0 Å². The maximum atomic E-state index is 12.3. The maximum absolute atomic E-state index is 12.3. The van der Waals surface area contributed by atoms with Gasteiger partial charge in [-0.1, -0.05) is 6.58 Å². The Morgan fingerprint density at radius 3 is 2.36 bits per heavy atom. The van der Waals surface area contributed by atoms with Crippen LogP contribution in [-0.2, 0) is 19.9 Å². The van der Waals surface area contributed by atoms with Crippen molar-refractivity contribution in [3.63, 3.8) is 0 Å². The summed E-state index contributed by atoms with van der Waals surface area (Å²) in [6.45, 7) is 5.66. The fraction of sp³-hybridized carbons (Fsp3) is 0.714. The van der Waals surface area contributed by atoms with Crippen molar-refractivity contribution in [3.05, 3.63) is 12.3 Å². The Morgan fingerprint density at radius 1 is 1.50 bits per heavy atom. The zero-order valence-corrected chi connectivity index (χ0v) is 8.68. The minimum Gasteiger partial charge on any atom is -0.356 e. The summed E-state index contributed by atoms with van der Waals surface area (Å²) in [4.78, 5) is 3.27. The number of hydrogen-bond acceptors (Lipinski definition) is 4.